The van der Waals surface area contributed by atoms with Crippen LogP contribution >= 0.6 is 11.6 Å². The van der Waals surface area contributed by atoms with Gasteiger partial charge in [0.25, 0.3) is 0 Å². The molecular formula is C18H15ClN4O3. The average Bonchev–Trinajstić information content (AvgIpc) is 3.10. The Balaban J connectivity index is 1.50. The number of benzene rings is 2. The summed E-state index contributed by atoms with van der Waals surface area (Å²) >= 11 is 6.14. The first-order valence-corrected chi connectivity index (χ1v) is 8.19. The summed E-state index contributed by atoms with van der Waals surface area (Å²) in [5.74, 6) is 3.13. The van der Waals surface area contributed by atoms with Gasteiger partial charge in [-0.25, -0.2) is 4.98 Å². The van der Waals surface area contributed by atoms with Crippen LogP contribution in [0.2, 0.25) is 5.02 Å². The topological polar surface area (TPSA) is 77.5 Å². The molecule has 3 aromatic rings. The number of hydrogen-bond acceptors (Lipinski definition) is 7. The first-order valence-electron chi connectivity index (χ1n) is 7.81. The molecule has 4 rings (SSSR count). The zero-order chi connectivity index (χ0) is 17.9. The van der Waals surface area contributed by atoms with Crippen LogP contribution in [0.15, 0.2) is 48.7 Å². The van der Waals surface area contributed by atoms with Crippen molar-refractivity contribution in [2.45, 2.75) is 0 Å². The standard InChI is InChI=1S/C18H15ClN4O3/c1-24-14-4-2-11(8-13(14)19)22-18-20-7-6-17(23-18)21-12-3-5-15-16(9-12)26-10-25-15/h2-9H,10H2,1H3,(H2,20,21,22,23). The average molecular weight is 371 g/mol. The number of anilines is 4. The number of ether oxygens (including phenoxy) is 3. The van der Waals surface area contributed by atoms with Crippen molar-refractivity contribution in [2.75, 3.05) is 24.5 Å². The summed E-state index contributed by atoms with van der Waals surface area (Å²) in [5.41, 5.74) is 1.60. The molecule has 0 unspecified atom stereocenters. The summed E-state index contributed by atoms with van der Waals surface area (Å²) < 4.78 is 15.8. The molecule has 0 fully saturated rings. The van der Waals surface area contributed by atoms with E-state index in [2.05, 4.69) is 20.6 Å². The molecular weight excluding hydrogens is 356 g/mol. The highest BCUT2D eigenvalue weighted by Crippen LogP contribution is 2.35. The highest BCUT2D eigenvalue weighted by molar-refractivity contribution is 6.32. The van der Waals surface area contributed by atoms with Crippen molar-refractivity contribution < 1.29 is 14.2 Å². The number of hydrogen-bond donors (Lipinski definition) is 2. The molecule has 8 heteroatoms. The van der Waals surface area contributed by atoms with Crippen LogP contribution in [0.25, 0.3) is 0 Å². The van der Waals surface area contributed by atoms with E-state index in [9.17, 15) is 0 Å². The molecule has 132 valence electrons. The predicted octanol–water partition coefficient (Wildman–Crippen LogP) is 4.35. The van der Waals surface area contributed by atoms with Gasteiger partial charge in [-0.05, 0) is 36.4 Å². The molecule has 1 aliphatic rings. The fraction of sp³-hybridized carbons (Fsp3) is 0.111. The van der Waals surface area contributed by atoms with Crippen LogP contribution in [0.4, 0.5) is 23.1 Å². The summed E-state index contributed by atoms with van der Waals surface area (Å²) in [7, 11) is 1.57. The Labute approximate surface area is 154 Å². The van der Waals surface area contributed by atoms with Gasteiger partial charge in [-0.3, -0.25) is 0 Å². The third-order valence-corrected chi connectivity index (χ3v) is 4.00. The number of halogens is 1. The monoisotopic (exact) mass is 370 g/mol. The van der Waals surface area contributed by atoms with Gasteiger partial charge in [0.1, 0.15) is 11.6 Å². The molecule has 2 aromatic carbocycles. The molecule has 1 aliphatic heterocycles. The highest BCUT2D eigenvalue weighted by Gasteiger charge is 2.13. The molecule has 0 bridgehead atoms. The van der Waals surface area contributed by atoms with Crippen LogP contribution < -0.4 is 24.8 Å². The van der Waals surface area contributed by atoms with E-state index in [1.165, 1.54) is 0 Å². The second kappa shape index (κ2) is 6.97. The Bertz CT molecular complexity index is 951. The van der Waals surface area contributed by atoms with Crippen LogP contribution in [0, 0.1) is 0 Å². The van der Waals surface area contributed by atoms with Gasteiger partial charge in [0.2, 0.25) is 12.7 Å². The maximum Gasteiger partial charge on any atom is 0.231 e. The minimum absolute atomic E-state index is 0.241. The molecule has 2 N–H and O–H groups in total. The molecule has 0 atom stereocenters. The lowest BCUT2D eigenvalue weighted by molar-refractivity contribution is 0.174. The van der Waals surface area contributed by atoms with Crippen molar-refractivity contribution in [2.24, 2.45) is 0 Å². The zero-order valence-corrected chi connectivity index (χ0v) is 14.6. The first-order chi connectivity index (χ1) is 12.7. The Hall–Kier alpha value is -3.19. The minimum atomic E-state index is 0.241. The summed E-state index contributed by atoms with van der Waals surface area (Å²) in [6.45, 7) is 0.241. The van der Waals surface area contributed by atoms with Gasteiger partial charge in [-0.15, -0.1) is 0 Å². The molecule has 1 aromatic heterocycles. The predicted molar refractivity (Wildman–Crippen MR) is 99.2 cm³/mol. The third-order valence-electron chi connectivity index (χ3n) is 3.71. The molecule has 26 heavy (non-hydrogen) atoms. The Morgan fingerprint density at radius 3 is 2.65 bits per heavy atom. The SMILES string of the molecule is COc1ccc(Nc2nccc(Nc3ccc4c(c3)OCO4)n2)cc1Cl. The fourth-order valence-corrected chi connectivity index (χ4v) is 2.74. The molecule has 7 nitrogen and oxygen atoms in total. The van der Waals surface area contributed by atoms with Gasteiger partial charge < -0.3 is 24.8 Å². The van der Waals surface area contributed by atoms with E-state index in [0.29, 0.717) is 28.3 Å². The summed E-state index contributed by atoms with van der Waals surface area (Å²) in [4.78, 5) is 8.67. The number of methoxy groups -OCH3 is 1. The third kappa shape index (κ3) is 3.43. The van der Waals surface area contributed by atoms with Crippen LogP contribution in [0.1, 0.15) is 0 Å². The number of rotatable bonds is 5. The number of nitrogens with one attached hydrogen (secondary N) is 2. The van der Waals surface area contributed by atoms with E-state index in [1.54, 1.807) is 31.5 Å². The van der Waals surface area contributed by atoms with Crippen LogP contribution in [0.3, 0.4) is 0 Å². The summed E-state index contributed by atoms with van der Waals surface area (Å²) in [6, 6.07) is 12.8. The second-order valence-corrected chi connectivity index (χ2v) is 5.84. The lowest BCUT2D eigenvalue weighted by atomic mass is 10.3. The van der Waals surface area contributed by atoms with Gasteiger partial charge in [0.15, 0.2) is 11.5 Å². The Morgan fingerprint density at radius 2 is 1.81 bits per heavy atom. The van der Waals surface area contributed by atoms with Crippen molar-refractivity contribution in [1.82, 2.24) is 9.97 Å². The van der Waals surface area contributed by atoms with E-state index < -0.39 is 0 Å². The maximum atomic E-state index is 6.14. The second-order valence-electron chi connectivity index (χ2n) is 5.43. The number of nitrogens with zero attached hydrogens (tertiary/aromatic N) is 2. The van der Waals surface area contributed by atoms with E-state index in [-0.39, 0.29) is 6.79 Å². The highest BCUT2D eigenvalue weighted by atomic mass is 35.5. The molecule has 0 saturated heterocycles. The summed E-state index contributed by atoms with van der Waals surface area (Å²) in [5, 5.41) is 6.84. The number of fused-ring (bicyclic) bond motifs is 1. The Morgan fingerprint density at radius 1 is 1.00 bits per heavy atom. The van der Waals surface area contributed by atoms with E-state index in [4.69, 9.17) is 25.8 Å². The molecule has 0 aliphatic carbocycles. The maximum absolute atomic E-state index is 6.14. The van der Waals surface area contributed by atoms with Gasteiger partial charge in [0.05, 0.1) is 12.1 Å². The van der Waals surface area contributed by atoms with E-state index in [1.807, 2.05) is 24.3 Å². The smallest absolute Gasteiger partial charge is 0.231 e. The molecule has 0 radical (unpaired) electrons. The normalized spacial score (nSPS) is 11.9. The van der Waals surface area contributed by atoms with Crippen molar-refractivity contribution in [3.8, 4) is 17.2 Å². The largest absolute Gasteiger partial charge is 0.495 e. The van der Waals surface area contributed by atoms with Crippen LogP contribution in [-0.4, -0.2) is 23.9 Å². The minimum Gasteiger partial charge on any atom is -0.495 e. The first kappa shape index (κ1) is 16.3. The fourth-order valence-electron chi connectivity index (χ4n) is 2.48. The lowest BCUT2D eigenvalue weighted by Gasteiger charge is -2.10. The van der Waals surface area contributed by atoms with Crippen LogP contribution in [-0.2, 0) is 0 Å². The van der Waals surface area contributed by atoms with Crippen LogP contribution in [0.5, 0.6) is 17.2 Å². The van der Waals surface area contributed by atoms with Gasteiger partial charge in [-0.2, -0.15) is 4.98 Å². The molecule has 0 amide bonds. The lowest BCUT2D eigenvalue weighted by Crippen LogP contribution is -2.00. The zero-order valence-electron chi connectivity index (χ0n) is 13.8. The van der Waals surface area contributed by atoms with Crippen molar-refractivity contribution >= 4 is 34.7 Å². The van der Waals surface area contributed by atoms with Gasteiger partial charge >= 0.3 is 0 Å². The van der Waals surface area contributed by atoms with Crippen molar-refractivity contribution in [3.05, 3.63) is 53.7 Å². The van der Waals surface area contributed by atoms with Crippen molar-refractivity contribution in [3.63, 3.8) is 0 Å². The quantitative estimate of drug-likeness (QED) is 0.691. The van der Waals surface area contributed by atoms with E-state index in [0.717, 1.165) is 17.1 Å². The number of aromatic nitrogens is 2. The van der Waals surface area contributed by atoms with Gasteiger partial charge in [-0.1, -0.05) is 11.6 Å². The van der Waals surface area contributed by atoms with Crippen molar-refractivity contribution in [1.29, 1.82) is 0 Å². The van der Waals surface area contributed by atoms with E-state index >= 15 is 0 Å². The van der Waals surface area contributed by atoms with Gasteiger partial charge in [0, 0.05) is 23.6 Å². The molecule has 0 spiro atoms. The molecule has 0 saturated carbocycles. The molecule has 2 heterocycles. The summed E-state index contributed by atoms with van der Waals surface area (Å²) in [6.07, 6.45) is 1.66. The Kier molecular flexibility index (Phi) is 4.37.